The molecule has 0 atom stereocenters. The number of carbonyl (C=O) groups is 2. The number of para-hydroxylation sites is 1. The number of benzene rings is 2. The average molecular weight is 351 g/mol. The molecule has 0 bridgehead atoms. The van der Waals surface area contributed by atoms with Gasteiger partial charge in [-0.05, 0) is 42.8 Å². The second kappa shape index (κ2) is 7.18. The summed E-state index contributed by atoms with van der Waals surface area (Å²) in [6, 6.07) is 11.7. The molecule has 0 unspecified atom stereocenters. The largest absolute Gasteiger partial charge is 0.425 e. The summed E-state index contributed by atoms with van der Waals surface area (Å²) in [5.41, 5.74) is 1.82. The van der Waals surface area contributed by atoms with Crippen LogP contribution in [0.1, 0.15) is 12.5 Å². The molecule has 3 aromatic rings. The van der Waals surface area contributed by atoms with Gasteiger partial charge in [0.05, 0.1) is 17.2 Å². The van der Waals surface area contributed by atoms with Crippen LogP contribution >= 0.6 is 0 Å². The van der Waals surface area contributed by atoms with Gasteiger partial charge in [0.2, 0.25) is 5.91 Å². The first kappa shape index (κ1) is 17.3. The van der Waals surface area contributed by atoms with Crippen molar-refractivity contribution >= 4 is 28.5 Å². The van der Waals surface area contributed by atoms with Crippen LogP contribution in [0.2, 0.25) is 0 Å². The van der Waals surface area contributed by atoms with Gasteiger partial charge in [-0.15, -0.1) is 0 Å². The van der Waals surface area contributed by atoms with Crippen LogP contribution in [0.3, 0.4) is 0 Å². The molecule has 7 heteroatoms. The second-order valence-electron chi connectivity index (χ2n) is 5.83. The van der Waals surface area contributed by atoms with Crippen molar-refractivity contribution in [3.05, 3.63) is 64.7 Å². The van der Waals surface area contributed by atoms with E-state index in [0.29, 0.717) is 22.3 Å². The van der Waals surface area contributed by atoms with Gasteiger partial charge in [-0.1, -0.05) is 12.1 Å². The lowest BCUT2D eigenvalue weighted by Gasteiger charge is -2.09. The zero-order valence-electron chi connectivity index (χ0n) is 14.4. The number of amides is 1. The van der Waals surface area contributed by atoms with Crippen molar-refractivity contribution in [1.29, 1.82) is 0 Å². The van der Waals surface area contributed by atoms with Crippen LogP contribution in [0.4, 0.5) is 5.69 Å². The van der Waals surface area contributed by atoms with Crippen LogP contribution in [0.5, 0.6) is 5.75 Å². The van der Waals surface area contributed by atoms with Crippen molar-refractivity contribution in [2.45, 2.75) is 20.4 Å². The van der Waals surface area contributed by atoms with Gasteiger partial charge in [-0.2, -0.15) is 0 Å². The third kappa shape index (κ3) is 3.77. The molecule has 0 saturated carbocycles. The normalized spacial score (nSPS) is 10.5. The molecule has 1 amide bonds. The highest BCUT2D eigenvalue weighted by atomic mass is 16.5. The number of anilines is 1. The maximum absolute atomic E-state index is 12.5. The minimum absolute atomic E-state index is 0.187. The minimum atomic E-state index is -0.590. The lowest BCUT2D eigenvalue weighted by Crippen LogP contribution is -2.27. The lowest BCUT2D eigenvalue weighted by atomic mass is 10.1. The zero-order chi connectivity index (χ0) is 18.7. The highest BCUT2D eigenvalue weighted by Crippen LogP contribution is 2.16. The Balaban J connectivity index is 1.74. The number of ether oxygens (including phenoxy) is 1. The summed E-state index contributed by atoms with van der Waals surface area (Å²) in [6.45, 7) is 3.03. The molecule has 1 aromatic heterocycles. The van der Waals surface area contributed by atoms with Crippen molar-refractivity contribution in [3.63, 3.8) is 0 Å². The number of carbonyl (C=O) groups excluding carboxylic acids is 2. The van der Waals surface area contributed by atoms with Gasteiger partial charge in [-0.25, -0.2) is 9.78 Å². The van der Waals surface area contributed by atoms with Gasteiger partial charge < -0.3 is 10.1 Å². The standard InChI is InChI=1S/C19H17N3O4/c1-12-4-3-5-16-18(12)20-11-22(19(16)25)10-17(24)26-15-8-6-14(7-9-15)21-13(2)23/h3-9,11H,10H2,1-2H3,(H,21,23). The summed E-state index contributed by atoms with van der Waals surface area (Å²) in [6.07, 6.45) is 1.35. The van der Waals surface area contributed by atoms with E-state index in [2.05, 4.69) is 10.3 Å². The number of nitrogens with one attached hydrogen (secondary N) is 1. The second-order valence-corrected chi connectivity index (χ2v) is 5.83. The van der Waals surface area contributed by atoms with E-state index in [1.165, 1.54) is 17.8 Å². The van der Waals surface area contributed by atoms with Gasteiger partial charge in [0.25, 0.3) is 5.56 Å². The van der Waals surface area contributed by atoms with E-state index in [4.69, 9.17) is 4.74 Å². The van der Waals surface area contributed by atoms with E-state index in [0.717, 1.165) is 5.56 Å². The Bertz CT molecular complexity index is 1040. The smallest absolute Gasteiger partial charge is 0.331 e. The van der Waals surface area contributed by atoms with Crippen molar-refractivity contribution in [3.8, 4) is 5.75 Å². The van der Waals surface area contributed by atoms with E-state index in [-0.39, 0.29) is 18.0 Å². The molecule has 0 fully saturated rings. The summed E-state index contributed by atoms with van der Waals surface area (Å²) in [5.74, 6) is -0.455. The molecule has 2 aromatic carbocycles. The zero-order valence-corrected chi connectivity index (χ0v) is 14.4. The Labute approximate surface area is 149 Å². The SMILES string of the molecule is CC(=O)Nc1ccc(OC(=O)Cn2cnc3c(C)cccc3c2=O)cc1. The minimum Gasteiger partial charge on any atom is -0.425 e. The number of esters is 1. The fourth-order valence-electron chi connectivity index (χ4n) is 2.56. The fourth-order valence-corrected chi connectivity index (χ4v) is 2.56. The van der Waals surface area contributed by atoms with Crippen LogP contribution in [0, 0.1) is 6.92 Å². The molecule has 0 aliphatic heterocycles. The predicted molar refractivity (Wildman–Crippen MR) is 97.1 cm³/mol. The maximum atomic E-state index is 12.5. The fraction of sp³-hybridized carbons (Fsp3) is 0.158. The van der Waals surface area contributed by atoms with Crippen molar-refractivity contribution < 1.29 is 14.3 Å². The summed E-state index contributed by atoms with van der Waals surface area (Å²) >= 11 is 0. The number of rotatable bonds is 4. The van der Waals surface area contributed by atoms with Crippen molar-refractivity contribution in [2.24, 2.45) is 0 Å². The van der Waals surface area contributed by atoms with E-state index in [1.54, 1.807) is 36.4 Å². The van der Waals surface area contributed by atoms with Crippen molar-refractivity contribution in [1.82, 2.24) is 9.55 Å². The first-order valence-corrected chi connectivity index (χ1v) is 7.97. The molecule has 0 radical (unpaired) electrons. The molecule has 1 heterocycles. The monoisotopic (exact) mass is 351 g/mol. The number of aryl methyl sites for hydroxylation is 1. The Morgan fingerprint density at radius 1 is 1.15 bits per heavy atom. The average Bonchev–Trinajstić information content (AvgIpc) is 2.59. The topological polar surface area (TPSA) is 90.3 Å². The Kier molecular flexibility index (Phi) is 4.79. The Morgan fingerprint density at radius 3 is 2.58 bits per heavy atom. The summed E-state index contributed by atoms with van der Waals surface area (Å²) < 4.78 is 6.45. The highest BCUT2D eigenvalue weighted by Gasteiger charge is 2.11. The van der Waals surface area contributed by atoms with Crippen LogP contribution in [0.25, 0.3) is 10.9 Å². The molecule has 1 N–H and O–H groups in total. The number of hydrogen-bond donors (Lipinski definition) is 1. The maximum Gasteiger partial charge on any atom is 0.331 e. The van der Waals surface area contributed by atoms with E-state index in [1.807, 2.05) is 13.0 Å². The molecule has 0 aliphatic rings. The van der Waals surface area contributed by atoms with Gasteiger partial charge in [0.1, 0.15) is 12.3 Å². The van der Waals surface area contributed by atoms with Crippen LogP contribution in [0.15, 0.2) is 53.6 Å². The van der Waals surface area contributed by atoms with Crippen LogP contribution in [-0.4, -0.2) is 21.4 Å². The molecule has 3 rings (SSSR count). The molecule has 0 aliphatic carbocycles. The molecule has 132 valence electrons. The molecule has 26 heavy (non-hydrogen) atoms. The van der Waals surface area contributed by atoms with Crippen LogP contribution < -0.4 is 15.6 Å². The highest BCUT2D eigenvalue weighted by molar-refractivity contribution is 5.88. The molecule has 7 nitrogen and oxygen atoms in total. The lowest BCUT2D eigenvalue weighted by molar-refractivity contribution is -0.135. The summed E-state index contributed by atoms with van der Waals surface area (Å²) in [5, 5.41) is 3.08. The Morgan fingerprint density at radius 2 is 1.88 bits per heavy atom. The van der Waals surface area contributed by atoms with Gasteiger partial charge in [0.15, 0.2) is 0 Å². The van der Waals surface area contributed by atoms with E-state index >= 15 is 0 Å². The number of nitrogens with zero attached hydrogens (tertiary/aromatic N) is 2. The molecular formula is C19H17N3O4. The number of hydrogen-bond acceptors (Lipinski definition) is 5. The van der Waals surface area contributed by atoms with Gasteiger partial charge in [-0.3, -0.25) is 14.2 Å². The molecule has 0 spiro atoms. The van der Waals surface area contributed by atoms with E-state index in [9.17, 15) is 14.4 Å². The first-order chi connectivity index (χ1) is 12.4. The van der Waals surface area contributed by atoms with Gasteiger partial charge >= 0.3 is 5.97 Å². The Hall–Kier alpha value is -3.48. The quantitative estimate of drug-likeness (QED) is 0.575. The third-order valence-electron chi connectivity index (χ3n) is 3.76. The molecular weight excluding hydrogens is 334 g/mol. The molecule has 0 saturated heterocycles. The third-order valence-corrected chi connectivity index (χ3v) is 3.76. The van der Waals surface area contributed by atoms with E-state index < -0.39 is 5.97 Å². The first-order valence-electron chi connectivity index (χ1n) is 7.97. The number of aromatic nitrogens is 2. The summed E-state index contributed by atoms with van der Waals surface area (Å²) in [7, 11) is 0. The predicted octanol–water partition coefficient (Wildman–Crippen LogP) is 2.27. The number of fused-ring (bicyclic) bond motifs is 1. The van der Waals surface area contributed by atoms with Gasteiger partial charge in [0, 0.05) is 12.6 Å². The van der Waals surface area contributed by atoms with Crippen molar-refractivity contribution in [2.75, 3.05) is 5.32 Å². The van der Waals surface area contributed by atoms with Crippen LogP contribution in [-0.2, 0) is 16.1 Å². The summed E-state index contributed by atoms with van der Waals surface area (Å²) in [4.78, 5) is 39.9.